The Bertz CT molecular complexity index is 1010. The van der Waals surface area contributed by atoms with Crippen LogP contribution >= 0.6 is 23.4 Å². The molecule has 10 heteroatoms. The number of hydrogen-bond donors (Lipinski definition) is 2. The van der Waals surface area contributed by atoms with E-state index in [0.717, 1.165) is 22.6 Å². The first-order valence-electron chi connectivity index (χ1n) is 8.71. The van der Waals surface area contributed by atoms with E-state index in [1.807, 2.05) is 31.2 Å². The molecule has 0 aliphatic rings. The number of sulfonamides is 1. The van der Waals surface area contributed by atoms with Gasteiger partial charge in [0.05, 0.1) is 22.8 Å². The highest BCUT2D eigenvalue weighted by Crippen LogP contribution is 2.32. The van der Waals surface area contributed by atoms with Crippen molar-refractivity contribution in [2.45, 2.75) is 18.5 Å². The molecule has 28 heavy (non-hydrogen) atoms. The third kappa shape index (κ3) is 5.54. The molecule has 0 aliphatic heterocycles. The van der Waals surface area contributed by atoms with E-state index in [1.54, 1.807) is 12.3 Å². The first-order valence-corrected chi connectivity index (χ1v) is 11.7. The molecule has 1 aromatic carbocycles. The number of nitrogens with one attached hydrogen (secondary N) is 2. The molecule has 2 aromatic heterocycles. The molecule has 148 valence electrons. The zero-order valence-electron chi connectivity index (χ0n) is 15.2. The summed E-state index contributed by atoms with van der Waals surface area (Å²) in [6, 6.07) is 9.22. The van der Waals surface area contributed by atoms with Crippen molar-refractivity contribution in [2.75, 3.05) is 18.1 Å². The molecular weight excluding hydrogens is 418 g/mol. The zero-order valence-corrected chi connectivity index (χ0v) is 17.6. The van der Waals surface area contributed by atoms with Crippen molar-refractivity contribution < 1.29 is 8.42 Å². The summed E-state index contributed by atoms with van der Waals surface area (Å²) in [5.74, 6) is 0.691. The minimum atomic E-state index is -3.20. The molecular formula is C18H20ClN5O2S2. The minimum Gasteiger partial charge on any atom is -0.331 e. The van der Waals surface area contributed by atoms with Crippen LogP contribution in [0.3, 0.4) is 0 Å². The van der Waals surface area contributed by atoms with Crippen LogP contribution in [0.2, 0.25) is 5.02 Å². The van der Waals surface area contributed by atoms with Crippen LogP contribution in [0.4, 0.5) is 0 Å². The maximum absolute atomic E-state index is 11.7. The summed E-state index contributed by atoms with van der Waals surface area (Å²) in [4.78, 5) is 16.2. The Hall–Kier alpha value is -1.94. The number of imidazole rings is 1. The molecule has 0 aliphatic carbocycles. The monoisotopic (exact) mass is 437 g/mol. The average Bonchev–Trinajstić information content (AvgIpc) is 3.11. The van der Waals surface area contributed by atoms with Crippen LogP contribution in [0.15, 0.2) is 48.0 Å². The molecule has 0 atom stereocenters. The normalized spacial score (nSPS) is 11.6. The lowest BCUT2D eigenvalue weighted by atomic mass is 10.1. The Morgan fingerprint density at radius 3 is 2.68 bits per heavy atom. The van der Waals surface area contributed by atoms with Crippen molar-refractivity contribution in [1.82, 2.24) is 24.7 Å². The topological polar surface area (TPSA) is 101 Å². The fourth-order valence-corrected chi connectivity index (χ4v) is 4.62. The predicted molar refractivity (Wildman–Crippen MR) is 113 cm³/mol. The summed E-state index contributed by atoms with van der Waals surface area (Å²) < 4.78 is 26.1. The first kappa shape index (κ1) is 20.8. The Labute approximate surface area is 173 Å². The van der Waals surface area contributed by atoms with Crippen molar-refractivity contribution in [3.05, 3.63) is 47.9 Å². The number of thioether (sulfide) groups is 1. The maximum Gasteiger partial charge on any atom is 0.211 e. The lowest BCUT2D eigenvalue weighted by Crippen LogP contribution is -2.28. The van der Waals surface area contributed by atoms with Gasteiger partial charge in [0, 0.05) is 29.1 Å². The Morgan fingerprint density at radius 2 is 2.00 bits per heavy atom. The molecule has 0 radical (unpaired) electrons. The third-order valence-corrected chi connectivity index (χ3v) is 6.49. The quantitative estimate of drug-likeness (QED) is 0.391. The lowest BCUT2D eigenvalue weighted by molar-refractivity contribution is 0.583. The van der Waals surface area contributed by atoms with Crippen molar-refractivity contribution >= 4 is 33.4 Å². The number of rotatable bonds is 9. The Kier molecular flexibility index (Phi) is 7.06. The number of hydrogen-bond acceptors (Lipinski definition) is 6. The molecule has 7 nitrogen and oxygen atoms in total. The van der Waals surface area contributed by atoms with Crippen molar-refractivity contribution in [2.24, 2.45) is 0 Å². The van der Waals surface area contributed by atoms with E-state index in [0.29, 0.717) is 28.9 Å². The van der Waals surface area contributed by atoms with Crippen LogP contribution < -0.4 is 4.72 Å². The van der Waals surface area contributed by atoms with Crippen molar-refractivity contribution in [3.8, 4) is 22.6 Å². The lowest BCUT2D eigenvalue weighted by Gasteiger charge is -2.04. The van der Waals surface area contributed by atoms with Gasteiger partial charge in [-0.25, -0.2) is 28.1 Å². The highest BCUT2D eigenvalue weighted by Gasteiger charge is 2.16. The summed E-state index contributed by atoms with van der Waals surface area (Å²) >= 11 is 7.44. The molecule has 0 spiro atoms. The maximum atomic E-state index is 11.7. The van der Waals surface area contributed by atoms with E-state index >= 15 is 0 Å². The summed E-state index contributed by atoms with van der Waals surface area (Å²) in [6.07, 6.45) is 3.74. The second-order valence-electron chi connectivity index (χ2n) is 5.93. The van der Waals surface area contributed by atoms with Gasteiger partial charge in [-0.2, -0.15) is 0 Å². The van der Waals surface area contributed by atoms with E-state index in [4.69, 9.17) is 11.6 Å². The Balaban J connectivity index is 1.78. The van der Waals surface area contributed by atoms with Gasteiger partial charge in [-0.1, -0.05) is 42.4 Å². The largest absolute Gasteiger partial charge is 0.331 e. The molecule has 0 unspecified atom stereocenters. The van der Waals surface area contributed by atoms with Crippen molar-refractivity contribution in [1.29, 1.82) is 0 Å². The fraction of sp³-hybridized carbons (Fsp3) is 0.278. The highest BCUT2D eigenvalue weighted by molar-refractivity contribution is 7.99. The van der Waals surface area contributed by atoms with Gasteiger partial charge >= 0.3 is 0 Å². The number of nitrogens with zero attached hydrogens (tertiary/aromatic N) is 3. The van der Waals surface area contributed by atoms with E-state index < -0.39 is 10.0 Å². The molecule has 2 heterocycles. The van der Waals surface area contributed by atoms with E-state index in [-0.39, 0.29) is 5.75 Å². The van der Waals surface area contributed by atoms with Gasteiger partial charge in [0.1, 0.15) is 6.33 Å². The SMILES string of the molecule is CCCS(=O)(=O)NCCSc1nc(-c2ccc(Cl)cc2)c(-c2ccncn2)[nH]1. The van der Waals surface area contributed by atoms with Gasteiger partial charge in [-0.05, 0) is 24.6 Å². The average molecular weight is 438 g/mol. The second kappa shape index (κ2) is 9.51. The Morgan fingerprint density at radius 1 is 1.21 bits per heavy atom. The molecule has 0 bridgehead atoms. The van der Waals surface area contributed by atoms with Gasteiger partial charge in [0.2, 0.25) is 10.0 Å². The number of aromatic amines is 1. The summed E-state index contributed by atoms with van der Waals surface area (Å²) in [5, 5.41) is 1.34. The van der Waals surface area contributed by atoms with E-state index in [9.17, 15) is 8.42 Å². The second-order valence-corrected chi connectivity index (χ2v) is 9.38. The standard InChI is InChI=1S/C18H20ClN5O2S2/c1-2-11-28(25,26)22-9-10-27-18-23-16(13-3-5-14(19)6-4-13)17(24-18)15-7-8-20-12-21-15/h3-8,12,22H,2,9-11H2,1H3,(H,23,24). The minimum absolute atomic E-state index is 0.136. The van der Waals surface area contributed by atoms with Crippen LogP contribution in [0, 0.1) is 0 Å². The van der Waals surface area contributed by atoms with Gasteiger partial charge in [-0.3, -0.25) is 0 Å². The predicted octanol–water partition coefficient (Wildman–Crippen LogP) is 3.61. The van der Waals surface area contributed by atoms with E-state index in [1.165, 1.54) is 18.1 Å². The zero-order chi connectivity index (χ0) is 20.0. The van der Waals surface area contributed by atoms with Crippen LogP contribution in [0.1, 0.15) is 13.3 Å². The summed E-state index contributed by atoms with van der Waals surface area (Å²) in [6.45, 7) is 2.18. The summed E-state index contributed by atoms with van der Waals surface area (Å²) in [5.41, 5.74) is 3.16. The highest BCUT2D eigenvalue weighted by atomic mass is 35.5. The fourth-order valence-electron chi connectivity index (χ4n) is 2.55. The summed E-state index contributed by atoms with van der Waals surface area (Å²) in [7, 11) is -3.20. The van der Waals surface area contributed by atoms with Gasteiger partial charge < -0.3 is 4.98 Å². The van der Waals surface area contributed by atoms with Crippen molar-refractivity contribution in [3.63, 3.8) is 0 Å². The van der Waals surface area contributed by atoms with Gasteiger partial charge in [0.15, 0.2) is 5.16 Å². The van der Waals surface area contributed by atoms with E-state index in [2.05, 4.69) is 24.7 Å². The third-order valence-electron chi connectivity index (χ3n) is 3.77. The van der Waals surface area contributed by atoms with Gasteiger partial charge in [0.25, 0.3) is 0 Å². The number of benzene rings is 1. The smallest absolute Gasteiger partial charge is 0.211 e. The number of H-pyrrole nitrogens is 1. The molecule has 3 rings (SSSR count). The first-order chi connectivity index (χ1) is 13.5. The van der Waals surface area contributed by atoms with Gasteiger partial charge in [-0.15, -0.1) is 0 Å². The van der Waals surface area contributed by atoms with Crippen LogP contribution in [0.25, 0.3) is 22.6 Å². The molecule has 0 amide bonds. The van der Waals surface area contributed by atoms with Crippen LogP contribution in [-0.2, 0) is 10.0 Å². The molecule has 0 fully saturated rings. The van der Waals surface area contributed by atoms with Crippen LogP contribution in [-0.4, -0.2) is 46.4 Å². The molecule has 2 N–H and O–H groups in total. The number of halogens is 1. The molecule has 0 saturated heterocycles. The number of aromatic nitrogens is 4. The molecule has 3 aromatic rings. The van der Waals surface area contributed by atoms with Crippen LogP contribution in [0.5, 0.6) is 0 Å². The molecule has 0 saturated carbocycles.